The SMILES string of the molecule is Cc1cccc(-c2nnc(CN(C)CCCC(=O)O)o2)c1. The molecule has 0 unspecified atom stereocenters. The van der Waals surface area contributed by atoms with Gasteiger partial charge >= 0.3 is 5.97 Å². The largest absolute Gasteiger partial charge is 0.481 e. The summed E-state index contributed by atoms with van der Waals surface area (Å²) in [5, 5.41) is 16.7. The molecule has 0 aliphatic carbocycles. The Bertz CT molecular complexity index is 610. The van der Waals surface area contributed by atoms with Crippen molar-refractivity contribution in [3.63, 3.8) is 0 Å². The van der Waals surface area contributed by atoms with E-state index in [2.05, 4.69) is 10.2 Å². The lowest BCUT2D eigenvalue weighted by molar-refractivity contribution is -0.137. The van der Waals surface area contributed by atoms with Crippen LogP contribution < -0.4 is 0 Å². The van der Waals surface area contributed by atoms with Gasteiger partial charge in [0.2, 0.25) is 11.8 Å². The topological polar surface area (TPSA) is 79.5 Å². The molecular weight excluding hydrogens is 270 g/mol. The minimum atomic E-state index is -0.775. The average molecular weight is 289 g/mol. The number of aryl methyl sites for hydroxylation is 1. The fourth-order valence-corrected chi connectivity index (χ4v) is 2.02. The van der Waals surface area contributed by atoms with E-state index < -0.39 is 5.97 Å². The first-order valence-corrected chi connectivity index (χ1v) is 6.84. The van der Waals surface area contributed by atoms with Crippen LogP contribution in [0.1, 0.15) is 24.3 Å². The van der Waals surface area contributed by atoms with E-state index in [0.717, 1.165) is 11.1 Å². The molecule has 1 aromatic carbocycles. The second-order valence-electron chi connectivity index (χ2n) is 5.11. The van der Waals surface area contributed by atoms with Crippen molar-refractivity contribution in [2.24, 2.45) is 0 Å². The maximum atomic E-state index is 10.5. The Morgan fingerprint density at radius 2 is 2.19 bits per heavy atom. The molecule has 0 saturated heterocycles. The van der Waals surface area contributed by atoms with Gasteiger partial charge < -0.3 is 9.52 Å². The van der Waals surface area contributed by atoms with Crippen molar-refractivity contribution in [3.05, 3.63) is 35.7 Å². The van der Waals surface area contributed by atoms with Gasteiger partial charge in [0.25, 0.3) is 0 Å². The lowest BCUT2D eigenvalue weighted by Gasteiger charge is -2.12. The smallest absolute Gasteiger partial charge is 0.303 e. The first-order valence-electron chi connectivity index (χ1n) is 6.84. The Morgan fingerprint density at radius 3 is 2.90 bits per heavy atom. The van der Waals surface area contributed by atoms with Crippen LogP contribution in [0.3, 0.4) is 0 Å². The number of benzene rings is 1. The van der Waals surface area contributed by atoms with Crippen LogP contribution >= 0.6 is 0 Å². The molecule has 0 atom stereocenters. The van der Waals surface area contributed by atoms with Gasteiger partial charge in [-0.25, -0.2) is 0 Å². The number of rotatable bonds is 7. The second-order valence-corrected chi connectivity index (χ2v) is 5.11. The van der Waals surface area contributed by atoms with Crippen LogP contribution in [-0.4, -0.2) is 39.8 Å². The molecule has 6 heteroatoms. The van der Waals surface area contributed by atoms with Gasteiger partial charge in [-0.3, -0.25) is 9.69 Å². The molecule has 2 aromatic rings. The highest BCUT2D eigenvalue weighted by molar-refractivity contribution is 5.66. The first-order chi connectivity index (χ1) is 10.0. The van der Waals surface area contributed by atoms with E-state index in [1.807, 2.05) is 43.1 Å². The van der Waals surface area contributed by atoms with Crippen molar-refractivity contribution in [1.29, 1.82) is 0 Å². The van der Waals surface area contributed by atoms with Crippen LogP contribution in [0.4, 0.5) is 0 Å². The molecule has 21 heavy (non-hydrogen) atoms. The maximum Gasteiger partial charge on any atom is 0.303 e. The van der Waals surface area contributed by atoms with Crippen LogP contribution in [-0.2, 0) is 11.3 Å². The minimum absolute atomic E-state index is 0.169. The van der Waals surface area contributed by atoms with Crippen molar-refractivity contribution in [3.8, 4) is 11.5 Å². The zero-order chi connectivity index (χ0) is 15.2. The summed E-state index contributed by atoms with van der Waals surface area (Å²) in [6.45, 7) is 3.20. The van der Waals surface area contributed by atoms with E-state index in [0.29, 0.717) is 31.3 Å². The van der Waals surface area contributed by atoms with Gasteiger partial charge in [-0.15, -0.1) is 10.2 Å². The number of nitrogens with zero attached hydrogens (tertiary/aromatic N) is 3. The Morgan fingerprint density at radius 1 is 1.38 bits per heavy atom. The molecule has 6 nitrogen and oxygen atoms in total. The van der Waals surface area contributed by atoms with E-state index in [1.54, 1.807) is 0 Å². The summed E-state index contributed by atoms with van der Waals surface area (Å²) in [7, 11) is 1.90. The van der Waals surface area contributed by atoms with Crippen molar-refractivity contribution >= 4 is 5.97 Å². The molecule has 0 amide bonds. The van der Waals surface area contributed by atoms with Crippen LogP contribution in [0.25, 0.3) is 11.5 Å². The number of carboxylic acids is 1. The molecule has 0 fully saturated rings. The minimum Gasteiger partial charge on any atom is -0.481 e. The van der Waals surface area contributed by atoms with Gasteiger partial charge in [0.05, 0.1) is 6.54 Å². The molecule has 2 rings (SSSR count). The lowest BCUT2D eigenvalue weighted by atomic mass is 10.1. The molecule has 0 aliphatic rings. The zero-order valence-electron chi connectivity index (χ0n) is 12.2. The fourth-order valence-electron chi connectivity index (χ4n) is 2.02. The van der Waals surface area contributed by atoms with Crippen LogP contribution in [0.15, 0.2) is 28.7 Å². The average Bonchev–Trinajstić information content (AvgIpc) is 2.86. The summed E-state index contributed by atoms with van der Waals surface area (Å²) >= 11 is 0. The molecule has 1 aromatic heterocycles. The van der Waals surface area contributed by atoms with E-state index in [1.165, 1.54) is 0 Å². The number of aliphatic carboxylic acids is 1. The van der Waals surface area contributed by atoms with Gasteiger partial charge in [0.15, 0.2) is 0 Å². The standard InChI is InChI=1S/C15H19N3O3/c1-11-5-3-6-12(9-11)15-17-16-13(21-15)10-18(2)8-4-7-14(19)20/h3,5-6,9H,4,7-8,10H2,1-2H3,(H,19,20). The predicted molar refractivity (Wildman–Crippen MR) is 77.7 cm³/mol. The van der Waals surface area contributed by atoms with Crippen molar-refractivity contribution in [1.82, 2.24) is 15.1 Å². The number of aromatic nitrogens is 2. The van der Waals surface area contributed by atoms with E-state index in [4.69, 9.17) is 9.52 Å². The molecular formula is C15H19N3O3. The van der Waals surface area contributed by atoms with Crippen LogP contribution in [0, 0.1) is 6.92 Å². The molecule has 0 saturated carbocycles. The normalized spacial score (nSPS) is 11.0. The lowest BCUT2D eigenvalue weighted by Crippen LogP contribution is -2.20. The third-order valence-corrected chi connectivity index (χ3v) is 3.07. The van der Waals surface area contributed by atoms with Gasteiger partial charge in [-0.05, 0) is 39.1 Å². The molecule has 0 radical (unpaired) electrons. The summed E-state index contributed by atoms with van der Waals surface area (Å²) in [4.78, 5) is 12.4. The van der Waals surface area contributed by atoms with Gasteiger partial charge in [0, 0.05) is 12.0 Å². The van der Waals surface area contributed by atoms with E-state index in [-0.39, 0.29) is 6.42 Å². The number of carboxylic acid groups (broad SMARTS) is 1. The number of hydrogen-bond acceptors (Lipinski definition) is 5. The summed E-state index contributed by atoms with van der Waals surface area (Å²) < 4.78 is 5.64. The summed E-state index contributed by atoms with van der Waals surface area (Å²) in [5.74, 6) is 0.264. The Balaban J connectivity index is 1.92. The molecule has 0 aliphatic heterocycles. The highest BCUT2D eigenvalue weighted by atomic mass is 16.4. The Hall–Kier alpha value is -2.21. The summed E-state index contributed by atoms with van der Waals surface area (Å²) in [6.07, 6.45) is 0.771. The molecule has 112 valence electrons. The third-order valence-electron chi connectivity index (χ3n) is 3.07. The van der Waals surface area contributed by atoms with E-state index >= 15 is 0 Å². The number of carbonyl (C=O) groups is 1. The monoisotopic (exact) mass is 289 g/mol. The van der Waals surface area contributed by atoms with Crippen LogP contribution in [0.5, 0.6) is 0 Å². The predicted octanol–water partition coefficient (Wildman–Crippen LogP) is 2.34. The van der Waals surface area contributed by atoms with Crippen molar-refractivity contribution < 1.29 is 14.3 Å². The van der Waals surface area contributed by atoms with Crippen LogP contribution in [0.2, 0.25) is 0 Å². The Kier molecular flexibility index (Phi) is 5.05. The van der Waals surface area contributed by atoms with Gasteiger partial charge in [-0.1, -0.05) is 17.7 Å². The highest BCUT2D eigenvalue weighted by Crippen LogP contribution is 2.19. The Labute approximate surface area is 123 Å². The second kappa shape index (κ2) is 6.99. The van der Waals surface area contributed by atoms with Crippen molar-refractivity contribution in [2.45, 2.75) is 26.3 Å². The maximum absolute atomic E-state index is 10.5. The van der Waals surface area contributed by atoms with Gasteiger partial charge in [0.1, 0.15) is 0 Å². The number of hydrogen-bond donors (Lipinski definition) is 1. The molecule has 1 heterocycles. The first kappa shape index (κ1) is 15.2. The van der Waals surface area contributed by atoms with Gasteiger partial charge in [-0.2, -0.15) is 0 Å². The zero-order valence-corrected chi connectivity index (χ0v) is 12.2. The quantitative estimate of drug-likeness (QED) is 0.842. The summed E-state index contributed by atoms with van der Waals surface area (Å²) in [5.41, 5.74) is 2.04. The fraction of sp³-hybridized carbons (Fsp3) is 0.400. The highest BCUT2D eigenvalue weighted by Gasteiger charge is 2.11. The summed E-state index contributed by atoms with van der Waals surface area (Å²) in [6, 6.07) is 7.89. The third kappa shape index (κ3) is 4.68. The molecule has 0 bridgehead atoms. The van der Waals surface area contributed by atoms with E-state index in [9.17, 15) is 4.79 Å². The molecule has 1 N–H and O–H groups in total. The molecule has 0 spiro atoms. The van der Waals surface area contributed by atoms with Crippen molar-refractivity contribution in [2.75, 3.05) is 13.6 Å².